The molecule has 0 aliphatic rings. The molecule has 0 aromatic heterocycles. The zero-order valence-corrected chi connectivity index (χ0v) is 11.3. The van der Waals surface area contributed by atoms with Gasteiger partial charge in [-0.05, 0) is 50.5 Å². The topological polar surface area (TPSA) is 47.3 Å². The molecule has 3 heteroatoms. The van der Waals surface area contributed by atoms with Gasteiger partial charge in [0.15, 0.2) is 0 Å². The number of nitrogens with two attached hydrogens (primary N) is 1. The van der Waals surface area contributed by atoms with Crippen LogP contribution in [0.3, 0.4) is 0 Å². The molecule has 17 heavy (non-hydrogen) atoms. The molecular weight excluding hydrogens is 212 g/mol. The van der Waals surface area contributed by atoms with Crippen molar-refractivity contribution in [1.29, 1.82) is 0 Å². The first-order chi connectivity index (χ1) is 7.96. The highest BCUT2D eigenvalue weighted by molar-refractivity contribution is 5.51. The summed E-state index contributed by atoms with van der Waals surface area (Å²) in [4.78, 5) is 0. The summed E-state index contributed by atoms with van der Waals surface area (Å²) in [7, 11) is 1.71. The average molecular weight is 236 g/mol. The molecule has 1 aromatic carbocycles. The van der Waals surface area contributed by atoms with Crippen LogP contribution in [-0.4, -0.2) is 19.2 Å². The van der Waals surface area contributed by atoms with Crippen LogP contribution in [0.2, 0.25) is 0 Å². The average Bonchev–Trinajstić information content (AvgIpc) is 2.27. The third kappa shape index (κ3) is 4.65. The first-order valence-electron chi connectivity index (χ1n) is 6.16. The van der Waals surface area contributed by atoms with E-state index in [2.05, 4.69) is 18.3 Å². The quantitative estimate of drug-likeness (QED) is 0.798. The molecule has 1 aromatic rings. The second kappa shape index (κ2) is 5.92. The predicted molar refractivity (Wildman–Crippen MR) is 73.7 cm³/mol. The Morgan fingerprint density at radius 2 is 2.06 bits per heavy atom. The smallest absolute Gasteiger partial charge is 0.122 e. The van der Waals surface area contributed by atoms with Gasteiger partial charge in [-0.15, -0.1) is 0 Å². The van der Waals surface area contributed by atoms with E-state index in [1.807, 2.05) is 26.0 Å². The summed E-state index contributed by atoms with van der Waals surface area (Å²) in [6, 6.07) is 6.19. The van der Waals surface area contributed by atoms with Gasteiger partial charge in [0, 0.05) is 17.8 Å². The largest absolute Gasteiger partial charge is 0.496 e. The highest BCUT2D eigenvalue weighted by Gasteiger charge is 2.09. The number of hydrogen-bond donors (Lipinski definition) is 2. The summed E-state index contributed by atoms with van der Waals surface area (Å²) >= 11 is 0. The van der Waals surface area contributed by atoms with Crippen LogP contribution in [0.1, 0.15) is 32.8 Å². The lowest BCUT2D eigenvalue weighted by Crippen LogP contribution is -2.34. The van der Waals surface area contributed by atoms with Gasteiger partial charge in [0.2, 0.25) is 0 Å². The summed E-state index contributed by atoms with van der Waals surface area (Å²) in [6.45, 7) is 7.10. The maximum absolute atomic E-state index is 5.94. The normalized spacial score (nSPS) is 11.4. The van der Waals surface area contributed by atoms with Crippen molar-refractivity contribution in [2.45, 2.75) is 39.2 Å². The van der Waals surface area contributed by atoms with Gasteiger partial charge in [-0.3, -0.25) is 0 Å². The highest BCUT2D eigenvalue weighted by atomic mass is 16.5. The third-order valence-electron chi connectivity index (χ3n) is 2.76. The molecule has 0 spiro atoms. The van der Waals surface area contributed by atoms with Crippen LogP contribution in [0.4, 0.5) is 5.69 Å². The number of anilines is 1. The third-order valence-corrected chi connectivity index (χ3v) is 2.76. The molecule has 0 bridgehead atoms. The van der Waals surface area contributed by atoms with Gasteiger partial charge >= 0.3 is 0 Å². The molecule has 3 N–H and O–H groups in total. The number of methoxy groups -OCH3 is 1. The standard InChI is InChI=1S/C14H24N2O/c1-5-11-10-12(6-7-13(11)17-4)16-9-8-14(2,3)15/h6-7,10,16H,5,8-9,15H2,1-4H3. The monoisotopic (exact) mass is 236 g/mol. The SMILES string of the molecule is CCc1cc(NCCC(C)(C)N)ccc1OC. The van der Waals surface area contributed by atoms with Crippen molar-refractivity contribution in [1.82, 2.24) is 0 Å². The van der Waals surface area contributed by atoms with Gasteiger partial charge in [-0.25, -0.2) is 0 Å². The lowest BCUT2D eigenvalue weighted by molar-refractivity contribution is 0.410. The Labute approximate surface area is 104 Å². The fourth-order valence-electron chi connectivity index (χ4n) is 1.69. The fourth-order valence-corrected chi connectivity index (χ4v) is 1.69. The molecule has 0 saturated heterocycles. The molecule has 0 atom stereocenters. The Bertz CT molecular complexity index is 356. The van der Waals surface area contributed by atoms with Crippen LogP contribution in [0.5, 0.6) is 5.75 Å². The Kier molecular flexibility index (Phi) is 4.82. The van der Waals surface area contributed by atoms with E-state index in [4.69, 9.17) is 10.5 Å². The van der Waals surface area contributed by atoms with Crippen molar-refractivity contribution in [2.24, 2.45) is 5.73 Å². The Morgan fingerprint density at radius 1 is 1.35 bits per heavy atom. The van der Waals surface area contributed by atoms with E-state index in [1.54, 1.807) is 7.11 Å². The first-order valence-corrected chi connectivity index (χ1v) is 6.16. The summed E-state index contributed by atoms with van der Waals surface area (Å²) in [5.74, 6) is 0.956. The first kappa shape index (κ1) is 13.8. The van der Waals surface area contributed by atoms with Gasteiger partial charge in [-0.1, -0.05) is 6.92 Å². The number of nitrogens with one attached hydrogen (secondary N) is 1. The van der Waals surface area contributed by atoms with Crippen molar-refractivity contribution >= 4 is 5.69 Å². The van der Waals surface area contributed by atoms with Crippen molar-refractivity contribution in [3.8, 4) is 5.75 Å². The molecule has 0 radical (unpaired) electrons. The molecule has 0 amide bonds. The molecule has 3 nitrogen and oxygen atoms in total. The molecular formula is C14H24N2O. The molecule has 1 rings (SSSR count). The van der Waals surface area contributed by atoms with Crippen LogP contribution < -0.4 is 15.8 Å². The maximum Gasteiger partial charge on any atom is 0.122 e. The molecule has 0 saturated carbocycles. The van der Waals surface area contributed by atoms with Crippen molar-refractivity contribution in [3.63, 3.8) is 0 Å². The number of aryl methyl sites for hydroxylation is 1. The van der Waals surface area contributed by atoms with Crippen LogP contribution in [0.15, 0.2) is 18.2 Å². The minimum atomic E-state index is -0.118. The van der Waals surface area contributed by atoms with Crippen LogP contribution in [0.25, 0.3) is 0 Å². The summed E-state index contributed by atoms with van der Waals surface area (Å²) < 4.78 is 5.30. The number of ether oxygens (including phenoxy) is 1. The zero-order chi connectivity index (χ0) is 12.9. The Balaban J connectivity index is 2.60. The van der Waals surface area contributed by atoms with E-state index in [1.165, 1.54) is 5.56 Å². The molecule has 0 unspecified atom stereocenters. The number of benzene rings is 1. The number of rotatable bonds is 6. The van der Waals surface area contributed by atoms with Crippen LogP contribution in [-0.2, 0) is 6.42 Å². The summed E-state index contributed by atoms with van der Waals surface area (Å²) in [6.07, 6.45) is 1.92. The van der Waals surface area contributed by atoms with E-state index in [9.17, 15) is 0 Å². The van der Waals surface area contributed by atoms with Crippen LogP contribution >= 0.6 is 0 Å². The van der Waals surface area contributed by atoms with Gasteiger partial charge in [0.25, 0.3) is 0 Å². The lowest BCUT2D eigenvalue weighted by atomic mass is 10.0. The zero-order valence-electron chi connectivity index (χ0n) is 11.3. The predicted octanol–water partition coefficient (Wildman–Crippen LogP) is 2.80. The van der Waals surface area contributed by atoms with E-state index >= 15 is 0 Å². The lowest BCUT2D eigenvalue weighted by Gasteiger charge is -2.19. The van der Waals surface area contributed by atoms with Crippen LogP contribution in [0, 0.1) is 0 Å². The highest BCUT2D eigenvalue weighted by Crippen LogP contribution is 2.23. The fraction of sp³-hybridized carbons (Fsp3) is 0.571. The van der Waals surface area contributed by atoms with Gasteiger partial charge in [0.1, 0.15) is 5.75 Å². The van der Waals surface area contributed by atoms with E-state index in [0.717, 1.165) is 30.8 Å². The van der Waals surface area contributed by atoms with Gasteiger partial charge < -0.3 is 15.8 Å². The summed E-state index contributed by atoms with van der Waals surface area (Å²) in [5.41, 5.74) is 8.18. The minimum absolute atomic E-state index is 0.118. The van der Waals surface area contributed by atoms with Gasteiger partial charge in [-0.2, -0.15) is 0 Å². The molecule has 0 heterocycles. The van der Waals surface area contributed by atoms with E-state index in [-0.39, 0.29) is 5.54 Å². The van der Waals surface area contributed by atoms with E-state index in [0.29, 0.717) is 0 Å². The van der Waals surface area contributed by atoms with Gasteiger partial charge in [0.05, 0.1) is 7.11 Å². The Morgan fingerprint density at radius 3 is 2.59 bits per heavy atom. The second-order valence-corrected chi connectivity index (χ2v) is 5.05. The van der Waals surface area contributed by atoms with Crippen molar-refractivity contribution in [3.05, 3.63) is 23.8 Å². The molecule has 0 aliphatic heterocycles. The second-order valence-electron chi connectivity index (χ2n) is 5.05. The molecule has 96 valence electrons. The Hall–Kier alpha value is -1.22. The van der Waals surface area contributed by atoms with E-state index < -0.39 is 0 Å². The maximum atomic E-state index is 5.94. The number of hydrogen-bond acceptors (Lipinski definition) is 3. The van der Waals surface area contributed by atoms with Crippen molar-refractivity contribution < 1.29 is 4.74 Å². The summed E-state index contributed by atoms with van der Waals surface area (Å²) in [5, 5.41) is 3.39. The molecule has 0 aliphatic carbocycles. The van der Waals surface area contributed by atoms with Crippen molar-refractivity contribution in [2.75, 3.05) is 19.0 Å². The molecule has 0 fully saturated rings. The minimum Gasteiger partial charge on any atom is -0.496 e.